The quantitative estimate of drug-likeness (QED) is 0.781. The summed E-state index contributed by atoms with van der Waals surface area (Å²) < 4.78 is 0. The molecule has 0 aliphatic heterocycles. The highest BCUT2D eigenvalue weighted by Gasteiger charge is 2.07. The van der Waals surface area contributed by atoms with E-state index in [1.165, 1.54) is 36.4 Å². The molecule has 19 heavy (non-hydrogen) atoms. The van der Waals surface area contributed by atoms with E-state index in [4.69, 9.17) is 5.73 Å². The van der Waals surface area contributed by atoms with Crippen molar-refractivity contribution in [3.8, 4) is 5.75 Å². The van der Waals surface area contributed by atoms with Gasteiger partial charge in [0.2, 0.25) is 5.91 Å². The van der Waals surface area contributed by atoms with Crippen LogP contribution in [0.4, 0.5) is 5.69 Å². The van der Waals surface area contributed by atoms with Crippen LogP contribution in [0, 0.1) is 0 Å². The van der Waals surface area contributed by atoms with Crippen LogP contribution in [0.1, 0.15) is 20.7 Å². The first-order valence-corrected chi connectivity index (χ1v) is 5.56. The molecular formula is C14H12N2O3. The summed E-state index contributed by atoms with van der Waals surface area (Å²) in [6.45, 7) is 0. The number of aromatic hydroxyl groups is 1. The van der Waals surface area contributed by atoms with Gasteiger partial charge in [-0.05, 0) is 36.4 Å². The maximum Gasteiger partial charge on any atom is 0.255 e. The van der Waals surface area contributed by atoms with E-state index in [-0.39, 0.29) is 11.7 Å². The highest BCUT2D eigenvalue weighted by Crippen LogP contribution is 2.16. The second-order valence-electron chi connectivity index (χ2n) is 3.95. The molecule has 0 heterocycles. The van der Waals surface area contributed by atoms with E-state index in [0.717, 1.165) is 0 Å². The van der Waals surface area contributed by atoms with Crippen molar-refractivity contribution in [3.63, 3.8) is 0 Å². The third-order valence-corrected chi connectivity index (χ3v) is 2.54. The fourth-order valence-corrected chi connectivity index (χ4v) is 1.57. The van der Waals surface area contributed by atoms with E-state index in [0.29, 0.717) is 16.8 Å². The van der Waals surface area contributed by atoms with E-state index < -0.39 is 5.91 Å². The van der Waals surface area contributed by atoms with Gasteiger partial charge in [0.05, 0.1) is 0 Å². The fraction of sp³-hybridized carbons (Fsp3) is 0. The second-order valence-corrected chi connectivity index (χ2v) is 3.95. The number of hydrogen-bond donors (Lipinski definition) is 3. The lowest BCUT2D eigenvalue weighted by Crippen LogP contribution is -2.14. The summed E-state index contributed by atoms with van der Waals surface area (Å²) in [5, 5.41) is 11.9. The van der Waals surface area contributed by atoms with Gasteiger partial charge in [0.25, 0.3) is 5.91 Å². The summed E-state index contributed by atoms with van der Waals surface area (Å²) >= 11 is 0. The predicted molar refractivity (Wildman–Crippen MR) is 71.0 cm³/mol. The number of carbonyl (C=O) groups is 2. The first-order chi connectivity index (χ1) is 9.06. The molecule has 2 amide bonds. The van der Waals surface area contributed by atoms with Crippen molar-refractivity contribution in [1.82, 2.24) is 0 Å². The van der Waals surface area contributed by atoms with Gasteiger partial charge in [0, 0.05) is 22.9 Å². The Hall–Kier alpha value is -2.82. The maximum absolute atomic E-state index is 11.9. The van der Waals surface area contributed by atoms with Gasteiger partial charge >= 0.3 is 0 Å². The number of benzene rings is 2. The van der Waals surface area contributed by atoms with Gasteiger partial charge in [0.1, 0.15) is 5.75 Å². The first kappa shape index (κ1) is 12.6. The van der Waals surface area contributed by atoms with Crippen molar-refractivity contribution in [3.05, 3.63) is 59.7 Å². The standard InChI is InChI=1S/C14H12N2O3/c15-13(18)9-4-6-10(7-5-9)14(19)16-11-2-1-3-12(17)8-11/h1-8,17H,(H2,15,18)(H,16,19). The van der Waals surface area contributed by atoms with Crippen molar-refractivity contribution >= 4 is 17.5 Å². The minimum Gasteiger partial charge on any atom is -0.508 e. The van der Waals surface area contributed by atoms with Crippen LogP contribution in [0.2, 0.25) is 0 Å². The summed E-state index contributed by atoms with van der Waals surface area (Å²) in [6, 6.07) is 12.2. The minimum absolute atomic E-state index is 0.0712. The zero-order chi connectivity index (χ0) is 13.8. The van der Waals surface area contributed by atoms with Crippen LogP contribution < -0.4 is 11.1 Å². The number of carbonyl (C=O) groups excluding carboxylic acids is 2. The molecule has 0 fully saturated rings. The van der Waals surface area contributed by atoms with Gasteiger partial charge in [-0.15, -0.1) is 0 Å². The van der Waals surface area contributed by atoms with E-state index in [1.54, 1.807) is 12.1 Å². The lowest BCUT2D eigenvalue weighted by atomic mass is 10.1. The monoisotopic (exact) mass is 256 g/mol. The number of amides is 2. The largest absolute Gasteiger partial charge is 0.508 e. The molecule has 2 aromatic rings. The van der Waals surface area contributed by atoms with Gasteiger partial charge in [-0.3, -0.25) is 9.59 Å². The summed E-state index contributed by atoms with van der Waals surface area (Å²) in [6.07, 6.45) is 0. The number of phenols is 1. The average molecular weight is 256 g/mol. The molecule has 0 atom stereocenters. The smallest absolute Gasteiger partial charge is 0.255 e. The zero-order valence-electron chi connectivity index (χ0n) is 9.96. The molecule has 5 heteroatoms. The molecule has 0 saturated carbocycles. The van der Waals surface area contributed by atoms with Crippen molar-refractivity contribution in [1.29, 1.82) is 0 Å². The third-order valence-electron chi connectivity index (χ3n) is 2.54. The van der Waals surface area contributed by atoms with Gasteiger partial charge < -0.3 is 16.2 Å². The molecule has 0 bridgehead atoms. The molecule has 5 nitrogen and oxygen atoms in total. The van der Waals surface area contributed by atoms with Gasteiger partial charge in [-0.2, -0.15) is 0 Å². The van der Waals surface area contributed by atoms with Crippen molar-refractivity contribution in [2.45, 2.75) is 0 Å². The summed E-state index contributed by atoms with van der Waals surface area (Å²) in [4.78, 5) is 22.8. The lowest BCUT2D eigenvalue weighted by Gasteiger charge is -2.06. The lowest BCUT2D eigenvalue weighted by molar-refractivity contribution is 0.0995. The Morgan fingerprint density at radius 2 is 1.63 bits per heavy atom. The number of anilines is 1. The minimum atomic E-state index is -0.542. The van der Waals surface area contributed by atoms with E-state index in [9.17, 15) is 14.7 Å². The van der Waals surface area contributed by atoms with Crippen LogP contribution in [0.5, 0.6) is 5.75 Å². The number of nitrogens with two attached hydrogens (primary N) is 1. The SMILES string of the molecule is NC(=O)c1ccc(C(=O)Nc2cccc(O)c2)cc1. The van der Waals surface area contributed by atoms with Crippen LogP contribution >= 0.6 is 0 Å². The van der Waals surface area contributed by atoms with Crippen LogP contribution in [-0.2, 0) is 0 Å². The summed E-state index contributed by atoms with van der Waals surface area (Å²) in [5.41, 5.74) is 6.34. The van der Waals surface area contributed by atoms with Gasteiger partial charge in [-0.25, -0.2) is 0 Å². The van der Waals surface area contributed by atoms with E-state index in [1.807, 2.05) is 0 Å². The Morgan fingerprint density at radius 1 is 1.00 bits per heavy atom. The second kappa shape index (κ2) is 5.22. The zero-order valence-corrected chi connectivity index (χ0v) is 9.96. The molecular weight excluding hydrogens is 244 g/mol. The Kier molecular flexibility index (Phi) is 3.47. The first-order valence-electron chi connectivity index (χ1n) is 5.56. The van der Waals surface area contributed by atoms with E-state index in [2.05, 4.69) is 5.32 Å². The molecule has 0 radical (unpaired) electrons. The Labute approximate surface area is 109 Å². The topological polar surface area (TPSA) is 92.4 Å². The number of nitrogens with one attached hydrogen (secondary N) is 1. The average Bonchev–Trinajstić information content (AvgIpc) is 2.39. The molecule has 0 unspecified atom stereocenters. The molecule has 0 aromatic heterocycles. The Bertz CT molecular complexity index is 621. The summed E-state index contributed by atoms with van der Waals surface area (Å²) in [5.74, 6) is -0.802. The van der Waals surface area contributed by atoms with Crippen molar-refractivity contribution < 1.29 is 14.7 Å². The number of rotatable bonds is 3. The fourth-order valence-electron chi connectivity index (χ4n) is 1.57. The highest BCUT2D eigenvalue weighted by molar-refractivity contribution is 6.05. The molecule has 0 aliphatic rings. The van der Waals surface area contributed by atoms with Gasteiger partial charge in [0.15, 0.2) is 0 Å². The molecule has 2 rings (SSSR count). The van der Waals surface area contributed by atoms with Crippen LogP contribution in [0.3, 0.4) is 0 Å². The Morgan fingerprint density at radius 3 is 2.21 bits per heavy atom. The number of phenolic OH excluding ortho intramolecular Hbond substituents is 1. The molecule has 0 spiro atoms. The molecule has 96 valence electrons. The molecule has 2 aromatic carbocycles. The van der Waals surface area contributed by atoms with Crippen molar-refractivity contribution in [2.24, 2.45) is 5.73 Å². The number of hydrogen-bond acceptors (Lipinski definition) is 3. The third kappa shape index (κ3) is 3.10. The van der Waals surface area contributed by atoms with Crippen LogP contribution in [0.15, 0.2) is 48.5 Å². The van der Waals surface area contributed by atoms with E-state index >= 15 is 0 Å². The number of primary amides is 1. The predicted octanol–water partition coefficient (Wildman–Crippen LogP) is 1.74. The summed E-state index contributed by atoms with van der Waals surface area (Å²) in [7, 11) is 0. The molecule has 0 aliphatic carbocycles. The molecule has 4 N–H and O–H groups in total. The maximum atomic E-state index is 11.9. The van der Waals surface area contributed by atoms with Crippen LogP contribution in [-0.4, -0.2) is 16.9 Å². The Balaban J connectivity index is 2.14. The van der Waals surface area contributed by atoms with Crippen LogP contribution in [0.25, 0.3) is 0 Å². The normalized spacial score (nSPS) is 9.89. The van der Waals surface area contributed by atoms with Crippen molar-refractivity contribution in [2.75, 3.05) is 5.32 Å². The van der Waals surface area contributed by atoms with Gasteiger partial charge in [-0.1, -0.05) is 6.07 Å². The highest BCUT2D eigenvalue weighted by atomic mass is 16.3. The molecule has 0 saturated heterocycles.